The summed E-state index contributed by atoms with van der Waals surface area (Å²) < 4.78 is 34.1. The van der Waals surface area contributed by atoms with Gasteiger partial charge in [-0.25, -0.2) is 8.42 Å². The first-order valence-corrected chi connectivity index (χ1v) is 14.5. The van der Waals surface area contributed by atoms with Crippen molar-refractivity contribution in [2.45, 2.75) is 37.8 Å². The Bertz CT molecular complexity index is 1400. The van der Waals surface area contributed by atoms with E-state index in [1.165, 1.54) is 24.1 Å². The minimum atomic E-state index is -4.19. The first kappa shape index (κ1) is 30.3. The zero-order valence-electron chi connectivity index (χ0n) is 21.9. The van der Waals surface area contributed by atoms with Gasteiger partial charge < -0.3 is 15.0 Å². The quantitative estimate of drug-likeness (QED) is 0.314. The molecule has 0 heterocycles. The van der Waals surface area contributed by atoms with E-state index in [4.69, 9.17) is 27.9 Å². The molecular formula is C28H31Cl2N3O5S. The molecule has 0 aromatic heterocycles. The number of nitrogens with one attached hydrogen (secondary N) is 1. The van der Waals surface area contributed by atoms with Gasteiger partial charge in [0, 0.05) is 13.1 Å². The number of para-hydroxylation sites is 2. The molecule has 0 saturated heterocycles. The third kappa shape index (κ3) is 7.44. The molecule has 39 heavy (non-hydrogen) atoms. The van der Waals surface area contributed by atoms with Gasteiger partial charge in [-0.2, -0.15) is 0 Å². The van der Waals surface area contributed by atoms with Gasteiger partial charge >= 0.3 is 0 Å². The van der Waals surface area contributed by atoms with Crippen LogP contribution in [-0.2, 0) is 26.2 Å². The van der Waals surface area contributed by atoms with Crippen LogP contribution in [0.1, 0.15) is 25.8 Å². The summed E-state index contributed by atoms with van der Waals surface area (Å²) in [5.74, 6) is -0.680. The summed E-state index contributed by atoms with van der Waals surface area (Å²) in [5, 5.41) is 3.45. The summed E-state index contributed by atoms with van der Waals surface area (Å²) in [5.41, 5.74) is 0.817. The Balaban J connectivity index is 2.05. The van der Waals surface area contributed by atoms with Crippen LogP contribution in [-0.4, -0.2) is 51.4 Å². The Hall–Kier alpha value is -3.27. The molecule has 3 rings (SSSR count). The number of benzene rings is 3. The molecule has 2 amide bonds. The fourth-order valence-electron chi connectivity index (χ4n) is 3.88. The van der Waals surface area contributed by atoms with Crippen LogP contribution >= 0.6 is 23.2 Å². The molecule has 0 unspecified atom stereocenters. The number of methoxy groups -OCH3 is 1. The minimum absolute atomic E-state index is 0.00157. The lowest BCUT2D eigenvalue weighted by molar-refractivity contribution is -0.139. The molecule has 0 spiro atoms. The molecule has 208 valence electrons. The first-order valence-electron chi connectivity index (χ1n) is 12.3. The van der Waals surface area contributed by atoms with Crippen LogP contribution < -0.4 is 14.4 Å². The van der Waals surface area contributed by atoms with Gasteiger partial charge in [0.25, 0.3) is 10.0 Å². The average molecular weight is 593 g/mol. The minimum Gasteiger partial charge on any atom is -0.495 e. The summed E-state index contributed by atoms with van der Waals surface area (Å²) >= 11 is 12.3. The van der Waals surface area contributed by atoms with Gasteiger partial charge in [0.1, 0.15) is 18.3 Å². The number of carbonyl (C=O) groups is 2. The molecule has 0 saturated carbocycles. The molecule has 3 aromatic carbocycles. The van der Waals surface area contributed by atoms with E-state index < -0.39 is 28.5 Å². The van der Waals surface area contributed by atoms with Gasteiger partial charge in [-0.05, 0) is 55.3 Å². The van der Waals surface area contributed by atoms with E-state index in [0.29, 0.717) is 22.2 Å². The predicted octanol–water partition coefficient (Wildman–Crippen LogP) is 5.14. The second kappa shape index (κ2) is 13.7. The standard InChI is InChI=1S/C28H31Cl2N3O5S/c1-4-16-31-28(35)20(2)32(18-21-14-15-23(29)24(30)17-21)27(34)19-33(25-12-8-9-13-26(25)38-3)39(36,37)22-10-6-5-7-11-22/h5-15,17,20H,4,16,18-19H2,1-3H3,(H,31,35)/t20-/m1/s1. The molecule has 1 atom stereocenters. The molecule has 11 heteroatoms. The highest BCUT2D eigenvalue weighted by molar-refractivity contribution is 7.92. The summed E-state index contributed by atoms with van der Waals surface area (Å²) in [4.78, 5) is 28.2. The number of sulfonamides is 1. The van der Waals surface area contributed by atoms with E-state index in [9.17, 15) is 18.0 Å². The van der Waals surface area contributed by atoms with E-state index in [-0.39, 0.29) is 28.8 Å². The van der Waals surface area contributed by atoms with Crippen molar-refractivity contribution in [2.75, 3.05) is 24.5 Å². The molecular weight excluding hydrogens is 561 g/mol. The molecule has 0 radical (unpaired) electrons. The lowest BCUT2D eigenvalue weighted by Gasteiger charge is -2.32. The van der Waals surface area contributed by atoms with E-state index in [2.05, 4.69) is 5.32 Å². The van der Waals surface area contributed by atoms with Gasteiger partial charge in [0.2, 0.25) is 11.8 Å². The van der Waals surface area contributed by atoms with Crippen molar-refractivity contribution in [1.82, 2.24) is 10.2 Å². The smallest absolute Gasteiger partial charge is 0.264 e. The maximum Gasteiger partial charge on any atom is 0.264 e. The highest BCUT2D eigenvalue weighted by Gasteiger charge is 2.33. The molecule has 3 aromatic rings. The third-order valence-electron chi connectivity index (χ3n) is 6.02. The van der Waals surface area contributed by atoms with Crippen molar-refractivity contribution in [2.24, 2.45) is 0 Å². The number of ether oxygens (including phenoxy) is 1. The number of carbonyl (C=O) groups excluding carboxylic acids is 2. The zero-order valence-corrected chi connectivity index (χ0v) is 24.3. The summed E-state index contributed by atoms with van der Waals surface area (Å²) in [6, 6.07) is 18.4. The number of amides is 2. The van der Waals surface area contributed by atoms with Gasteiger partial charge in [0.15, 0.2) is 0 Å². The molecule has 1 N–H and O–H groups in total. The van der Waals surface area contributed by atoms with Crippen molar-refractivity contribution in [1.29, 1.82) is 0 Å². The largest absolute Gasteiger partial charge is 0.495 e. The fourth-order valence-corrected chi connectivity index (χ4v) is 5.65. The second-order valence-electron chi connectivity index (χ2n) is 8.73. The Morgan fingerprint density at radius 3 is 2.28 bits per heavy atom. The molecule has 0 aliphatic carbocycles. The first-order chi connectivity index (χ1) is 18.6. The normalized spacial score (nSPS) is 11.9. The van der Waals surface area contributed by atoms with Gasteiger partial charge in [0.05, 0.1) is 27.7 Å². The summed E-state index contributed by atoms with van der Waals surface area (Å²) in [6.07, 6.45) is 0.718. The number of anilines is 1. The number of halogens is 2. The third-order valence-corrected chi connectivity index (χ3v) is 8.53. The van der Waals surface area contributed by atoms with Crippen LogP contribution in [0.25, 0.3) is 0 Å². The predicted molar refractivity (Wildman–Crippen MR) is 154 cm³/mol. The van der Waals surface area contributed by atoms with Crippen molar-refractivity contribution >= 4 is 50.7 Å². The number of nitrogens with zero attached hydrogens (tertiary/aromatic N) is 2. The van der Waals surface area contributed by atoms with Crippen LogP contribution in [0.4, 0.5) is 5.69 Å². The molecule has 0 fully saturated rings. The average Bonchev–Trinajstić information content (AvgIpc) is 2.95. The van der Waals surface area contributed by atoms with Crippen molar-refractivity contribution in [3.8, 4) is 5.75 Å². The second-order valence-corrected chi connectivity index (χ2v) is 11.4. The number of hydrogen-bond acceptors (Lipinski definition) is 5. The van der Waals surface area contributed by atoms with Crippen LogP contribution in [0.3, 0.4) is 0 Å². The Morgan fingerprint density at radius 1 is 0.974 bits per heavy atom. The summed E-state index contributed by atoms with van der Waals surface area (Å²) in [7, 11) is -2.77. The SMILES string of the molecule is CCCNC(=O)[C@@H](C)N(Cc1ccc(Cl)c(Cl)c1)C(=O)CN(c1ccccc1OC)S(=O)(=O)c1ccccc1. The van der Waals surface area contributed by atoms with E-state index in [0.717, 1.165) is 10.7 Å². The Kier molecular flexibility index (Phi) is 10.6. The van der Waals surface area contributed by atoms with Gasteiger partial charge in [-0.1, -0.05) is 66.5 Å². The van der Waals surface area contributed by atoms with E-state index in [1.54, 1.807) is 67.6 Å². The van der Waals surface area contributed by atoms with Crippen LogP contribution in [0, 0.1) is 0 Å². The molecule has 8 nitrogen and oxygen atoms in total. The van der Waals surface area contributed by atoms with Gasteiger partial charge in [-0.15, -0.1) is 0 Å². The molecule has 0 aliphatic rings. The Morgan fingerprint density at radius 2 is 1.64 bits per heavy atom. The van der Waals surface area contributed by atoms with E-state index >= 15 is 0 Å². The zero-order chi connectivity index (χ0) is 28.6. The number of hydrogen-bond donors (Lipinski definition) is 1. The van der Waals surface area contributed by atoms with Crippen LogP contribution in [0.2, 0.25) is 10.0 Å². The highest BCUT2D eigenvalue weighted by atomic mass is 35.5. The van der Waals surface area contributed by atoms with Crippen molar-refractivity contribution < 1.29 is 22.7 Å². The van der Waals surface area contributed by atoms with Crippen LogP contribution in [0.5, 0.6) is 5.75 Å². The number of rotatable bonds is 12. The molecule has 0 bridgehead atoms. The lowest BCUT2D eigenvalue weighted by Crippen LogP contribution is -2.51. The topological polar surface area (TPSA) is 96.0 Å². The highest BCUT2D eigenvalue weighted by Crippen LogP contribution is 2.32. The fraction of sp³-hybridized carbons (Fsp3) is 0.286. The lowest BCUT2D eigenvalue weighted by atomic mass is 10.1. The van der Waals surface area contributed by atoms with Gasteiger partial charge in [-0.3, -0.25) is 13.9 Å². The molecule has 0 aliphatic heterocycles. The monoisotopic (exact) mass is 591 g/mol. The maximum absolute atomic E-state index is 13.9. The van der Waals surface area contributed by atoms with Crippen molar-refractivity contribution in [3.63, 3.8) is 0 Å². The van der Waals surface area contributed by atoms with Crippen LogP contribution in [0.15, 0.2) is 77.7 Å². The summed E-state index contributed by atoms with van der Waals surface area (Å²) in [6.45, 7) is 3.38. The Labute approximate surface area is 239 Å². The maximum atomic E-state index is 13.9. The van der Waals surface area contributed by atoms with Crippen molar-refractivity contribution in [3.05, 3.63) is 88.4 Å². The van der Waals surface area contributed by atoms with E-state index in [1.807, 2.05) is 6.92 Å².